The van der Waals surface area contributed by atoms with E-state index in [4.69, 9.17) is 9.90 Å². The predicted molar refractivity (Wildman–Crippen MR) is 104 cm³/mol. The Kier molecular flexibility index (Phi) is 8.94. The normalized spacial score (nSPS) is 20.1. The van der Waals surface area contributed by atoms with Gasteiger partial charge in [-0.2, -0.15) is 5.10 Å². The number of hydrogen-bond acceptors (Lipinski definition) is 7. The van der Waals surface area contributed by atoms with E-state index in [1.165, 1.54) is 4.68 Å². The van der Waals surface area contributed by atoms with Crippen molar-refractivity contribution in [3.63, 3.8) is 0 Å². The number of hydrogen-bond donors (Lipinski definition) is 4. The lowest BCUT2D eigenvalue weighted by atomic mass is 10.1. The minimum atomic E-state index is -0.731. The molecule has 0 spiro atoms. The van der Waals surface area contributed by atoms with Crippen molar-refractivity contribution in [2.45, 2.75) is 51.4 Å². The fraction of sp³-hybridized carbons (Fsp3) is 0.556. The van der Waals surface area contributed by atoms with Gasteiger partial charge in [0, 0.05) is 37.8 Å². The molecule has 0 aromatic carbocycles. The molecule has 3 rings (SSSR count). The number of rotatable bonds is 8. The summed E-state index contributed by atoms with van der Waals surface area (Å²) in [7, 11) is 0. The Balaban J connectivity index is 0.00000101. The summed E-state index contributed by atoms with van der Waals surface area (Å²) in [5.41, 5.74) is 0. The minimum absolute atomic E-state index is 0.0885. The minimum Gasteiger partial charge on any atom is -0.483 e. The Morgan fingerprint density at radius 2 is 2.13 bits per heavy atom. The third-order valence-corrected chi connectivity index (χ3v) is 4.80. The molecule has 1 fully saturated rings. The molecule has 12 heteroatoms. The lowest BCUT2D eigenvalue weighted by Gasteiger charge is -2.16. The van der Waals surface area contributed by atoms with Crippen LogP contribution in [0.4, 0.5) is 0 Å². The van der Waals surface area contributed by atoms with Crippen molar-refractivity contribution < 1.29 is 24.6 Å². The number of aliphatic hydroxyl groups is 1. The first-order chi connectivity index (χ1) is 14.5. The predicted octanol–water partition coefficient (Wildman–Crippen LogP) is -1.19. The number of aryl methyl sites for hydroxylation is 1. The summed E-state index contributed by atoms with van der Waals surface area (Å²) in [5.74, 6) is 0.162. The van der Waals surface area contributed by atoms with E-state index >= 15 is 0 Å². The summed E-state index contributed by atoms with van der Waals surface area (Å²) in [5, 5.41) is 34.6. The second-order valence-corrected chi connectivity index (χ2v) is 6.79. The Bertz CT molecular complexity index is 808. The molecular weight excluding hydrogens is 394 g/mol. The molecule has 1 aliphatic rings. The molecule has 0 bridgehead atoms. The van der Waals surface area contributed by atoms with Crippen molar-refractivity contribution in [1.29, 1.82) is 0 Å². The fourth-order valence-electron chi connectivity index (χ4n) is 3.36. The quantitative estimate of drug-likeness (QED) is 0.386. The molecule has 2 amide bonds. The smallest absolute Gasteiger partial charge is 0.290 e. The highest BCUT2D eigenvalue weighted by Crippen LogP contribution is 2.26. The number of carboxylic acid groups (broad SMARTS) is 1. The van der Waals surface area contributed by atoms with Gasteiger partial charge in [-0.05, 0) is 25.8 Å². The Labute approximate surface area is 173 Å². The first-order valence-corrected chi connectivity index (χ1v) is 9.65. The Morgan fingerprint density at radius 1 is 1.37 bits per heavy atom. The lowest BCUT2D eigenvalue weighted by molar-refractivity contribution is -0.125. The first-order valence-electron chi connectivity index (χ1n) is 9.65. The zero-order valence-corrected chi connectivity index (χ0v) is 16.7. The maximum atomic E-state index is 12.4. The van der Waals surface area contributed by atoms with Gasteiger partial charge in [-0.3, -0.25) is 19.1 Å². The summed E-state index contributed by atoms with van der Waals surface area (Å²) < 4.78 is 3.44. The first kappa shape index (κ1) is 23.0. The van der Waals surface area contributed by atoms with E-state index in [2.05, 4.69) is 25.9 Å². The fourth-order valence-corrected chi connectivity index (χ4v) is 3.36. The molecule has 1 aliphatic carbocycles. The summed E-state index contributed by atoms with van der Waals surface area (Å²) in [6.45, 7) is 3.09. The highest BCUT2D eigenvalue weighted by Gasteiger charge is 2.37. The second-order valence-electron chi connectivity index (χ2n) is 6.79. The lowest BCUT2D eigenvalue weighted by Crippen LogP contribution is -2.41. The third-order valence-electron chi connectivity index (χ3n) is 4.80. The monoisotopic (exact) mass is 421 g/mol. The molecule has 4 N–H and O–H groups in total. The van der Waals surface area contributed by atoms with Gasteiger partial charge in [0.05, 0.1) is 12.1 Å². The van der Waals surface area contributed by atoms with E-state index in [1.54, 1.807) is 24.8 Å². The average Bonchev–Trinajstić information content (AvgIpc) is 3.45. The maximum absolute atomic E-state index is 12.4. The van der Waals surface area contributed by atoms with E-state index in [1.807, 2.05) is 11.5 Å². The van der Waals surface area contributed by atoms with Crippen LogP contribution in [0.5, 0.6) is 0 Å². The maximum Gasteiger partial charge on any atom is 0.290 e. The number of carbonyl (C=O) groups is 3. The zero-order chi connectivity index (χ0) is 21.9. The van der Waals surface area contributed by atoms with Crippen LogP contribution in [-0.4, -0.2) is 71.7 Å². The number of aromatic nitrogens is 5. The van der Waals surface area contributed by atoms with Gasteiger partial charge >= 0.3 is 0 Å². The van der Waals surface area contributed by atoms with Crippen molar-refractivity contribution in [2.75, 3.05) is 6.54 Å². The standard InChI is InChI=1S/C17H25N7O3.CH2O2/c1-2-23-11-19-22-15(23)4-6-18-17(27)12-8-13(14(25)9-12)21-16(26)10-24-7-3-5-20-24;2-1-3/h3,5,7,11-14,25H,2,4,6,8-10H2,1H3,(H,18,27)(H,21,26);1H,(H,2,3)/t12-,13-,14-;/m0./s1. The third kappa shape index (κ3) is 6.65. The number of amides is 2. The number of nitrogens with zero attached hydrogens (tertiary/aromatic N) is 5. The highest BCUT2D eigenvalue weighted by molar-refractivity contribution is 5.80. The van der Waals surface area contributed by atoms with Gasteiger partial charge in [-0.25, -0.2) is 0 Å². The van der Waals surface area contributed by atoms with Crippen molar-refractivity contribution in [3.05, 3.63) is 30.6 Å². The van der Waals surface area contributed by atoms with Crippen LogP contribution < -0.4 is 10.6 Å². The molecule has 3 atom stereocenters. The topological polar surface area (TPSA) is 164 Å². The Hall–Kier alpha value is -3.28. The van der Waals surface area contributed by atoms with E-state index in [0.717, 1.165) is 12.4 Å². The molecule has 0 aliphatic heterocycles. The van der Waals surface area contributed by atoms with Crippen LogP contribution in [-0.2, 0) is 33.9 Å². The van der Waals surface area contributed by atoms with Crippen molar-refractivity contribution in [2.24, 2.45) is 5.92 Å². The van der Waals surface area contributed by atoms with Crippen LogP contribution in [0, 0.1) is 5.92 Å². The van der Waals surface area contributed by atoms with Crippen LogP contribution >= 0.6 is 0 Å². The van der Waals surface area contributed by atoms with Crippen molar-refractivity contribution in [1.82, 2.24) is 35.2 Å². The van der Waals surface area contributed by atoms with E-state index in [-0.39, 0.29) is 30.7 Å². The summed E-state index contributed by atoms with van der Waals surface area (Å²) >= 11 is 0. The van der Waals surface area contributed by atoms with E-state index in [0.29, 0.717) is 25.8 Å². The van der Waals surface area contributed by atoms with E-state index in [9.17, 15) is 14.7 Å². The average molecular weight is 421 g/mol. The van der Waals surface area contributed by atoms with Crippen LogP contribution in [0.2, 0.25) is 0 Å². The van der Waals surface area contributed by atoms with Gasteiger partial charge in [0.2, 0.25) is 11.8 Å². The Morgan fingerprint density at radius 3 is 2.80 bits per heavy atom. The molecule has 1 saturated carbocycles. The number of aliphatic hydroxyl groups excluding tert-OH is 1. The highest BCUT2D eigenvalue weighted by atomic mass is 16.3. The zero-order valence-electron chi connectivity index (χ0n) is 16.7. The molecule has 2 aromatic rings. The molecule has 164 valence electrons. The van der Waals surface area contributed by atoms with Crippen molar-refractivity contribution in [3.8, 4) is 0 Å². The molecule has 0 saturated heterocycles. The molecule has 2 heterocycles. The number of nitrogens with one attached hydrogen (secondary N) is 2. The van der Waals surface area contributed by atoms with E-state index < -0.39 is 12.1 Å². The van der Waals surface area contributed by atoms with Crippen molar-refractivity contribution >= 4 is 18.3 Å². The molecule has 12 nitrogen and oxygen atoms in total. The molecule has 0 unspecified atom stereocenters. The van der Waals surface area contributed by atoms with Gasteiger partial charge in [0.25, 0.3) is 6.47 Å². The molecule has 0 radical (unpaired) electrons. The summed E-state index contributed by atoms with van der Waals surface area (Å²) in [4.78, 5) is 32.8. The van der Waals surface area contributed by atoms with Gasteiger partial charge < -0.3 is 25.4 Å². The van der Waals surface area contributed by atoms with Gasteiger partial charge in [-0.15, -0.1) is 10.2 Å². The number of carbonyl (C=O) groups excluding carboxylic acids is 2. The van der Waals surface area contributed by atoms with Crippen LogP contribution in [0.25, 0.3) is 0 Å². The largest absolute Gasteiger partial charge is 0.483 e. The molecule has 2 aromatic heterocycles. The summed E-state index contributed by atoms with van der Waals surface area (Å²) in [6.07, 6.45) is 5.58. The van der Waals surface area contributed by atoms with Crippen LogP contribution in [0.3, 0.4) is 0 Å². The second kappa shape index (κ2) is 11.7. The van der Waals surface area contributed by atoms with Gasteiger partial charge in [0.1, 0.15) is 18.7 Å². The summed E-state index contributed by atoms with van der Waals surface area (Å²) in [6, 6.07) is 1.31. The van der Waals surface area contributed by atoms with Gasteiger partial charge in [0.15, 0.2) is 0 Å². The molecular formula is C18H27N7O5. The van der Waals surface area contributed by atoms with Crippen LogP contribution in [0.15, 0.2) is 24.8 Å². The van der Waals surface area contributed by atoms with Gasteiger partial charge in [-0.1, -0.05) is 0 Å². The SMILES string of the molecule is CCn1cnnc1CCNC(=O)[C@H]1C[C@H](NC(=O)Cn2cccn2)[C@@H](O)C1.O=CO. The molecule has 30 heavy (non-hydrogen) atoms. The van der Waals surface area contributed by atoms with Crippen LogP contribution in [0.1, 0.15) is 25.6 Å².